The second kappa shape index (κ2) is 6.77. The summed E-state index contributed by atoms with van der Waals surface area (Å²) < 4.78 is 19.9. The van der Waals surface area contributed by atoms with Crippen molar-refractivity contribution in [2.75, 3.05) is 6.61 Å². The summed E-state index contributed by atoms with van der Waals surface area (Å²) in [7, 11) is 0. The van der Waals surface area contributed by atoms with Crippen molar-refractivity contribution >= 4 is 15.9 Å². The Labute approximate surface area is 109 Å². The average molecular weight is 303 g/mol. The summed E-state index contributed by atoms with van der Waals surface area (Å²) in [6, 6.07) is 3.23. The number of hydrogen-bond acceptors (Lipinski definition) is 2. The van der Waals surface area contributed by atoms with E-state index >= 15 is 0 Å². The van der Waals surface area contributed by atoms with Gasteiger partial charge in [0.25, 0.3) is 0 Å². The summed E-state index contributed by atoms with van der Waals surface area (Å²) in [5.41, 5.74) is 0.205. The Balaban J connectivity index is 3.10. The Bertz CT molecular complexity index is 405. The molecule has 1 aromatic rings. The lowest BCUT2D eigenvalue weighted by Gasteiger charge is -2.13. The molecular formula is C13H16BrFO2. The number of rotatable bonds is 5. The third-order valence-electron chi connectivity index (χ3n) is 2.22. The monoisotopic (exact) mass is 302 g/mol. The maximum atomic E-state index is 14.1. The summed E-state index contributed by atoms with van der Waals surface area (Å²) in [5.74, 6) is -0.341. The first-order chi connectivity index (χ1) is 8.11. The van der Waals surface area contributed by atoms with Gasteiger partial charge in [0, 0.05) is 10.0 Å². The summed E-state index contributed by atoms with van der Waals surface area (Å²) in [4.78, 5) is 0. The molecule has 0 bridgehead atoms. The van der Waals surface area contributed by atoms with Crippen LogP contribution in [0, 0.1) is 5.82 Å². The van der Waals surface area contributed by atoms with Gasteiger partial charge in [-0.1, -0.05) is 35.0 Å². The molecule has 0 spiro atoms. The van der Waals surface area contributed by atoms with Gasteiger partial charge in [-0.2, -0.15) is 0 Å². The number of halogens is 2. The van der Waals surface area contributed by atoms with Crippen molar-refractivity contribution in [2.24, 2.45) is 0 Å². The molecule has 0 aliphatic heterocycles. The molecule has 0 saturated heterocycles. The summed E-state index contributed by atoms with van der Waals surface area (Å²) in [5, 5.41) is 9.82. The minimum Gasteiger partial charge on any atom is -0.491 e. The lowest BCUT2D eigenvalue weighted by molar-refractivity contribution is 0.218. The van der Waals surface area contributed by atoms with Gasteiger partial charge in [-0.15, -0.1) is 0 Å². The first-order valence-corrected chi connectivity index (χ1v) is 6.32. The molecule has 4 heteroatoms. The number of aliphatic hydroxyl groups is 1. The lowest BCUT2D eigenvalue weighted by atomic mass is 10.1. The van der Waals surface area contributed by atoms with Crippen LogP contribution < -0.4 is 4.74 Å². The molecule has 0 radical (unpaired) electrons. The second-order valence-electron chi connectivity index (χ2n) is 3.59. The Morgan fingerprint density at radius 2 is 2.24 bits per heavy atom. The maximum Gasteiger partial charge on any atom is 0.172 e. The van der Waals surface area contributed by atoms with Gasteiger partial charge in [0.15, 0.2) is 11.6 Å². The summed E-state index contributed by atoms with van der Waals surface area (Å²) in [6.45, 7) is 4.18. The van der Waals surface area contributed by atoms with Crippen LogP contribution in [0.1, 0.15) is 31.9 Å². The second-order valence-corrected chi connectivity index (χ2v) is 4.45. The minimum atomic E-state index is -0.973. The minimum absolute atomic E-state index is 0.175. The van der Waals surface area contributed by atoms with E-state index in [9.17, 15) is 9.50 Å². The highest BCUT2D eigenvalue weighted by Gasteiger charge is 2.18. The third kappa shape index (κ3) is 3.54. The van der Waals surface area contributed by atoms with E-state index in [1.165, 1.54) is 6.08 Å². The zero-order valence-electron chi connectivity index (χ0n) is 9.91. The van der Waals surface area contributed by atoms with Crippen LogP contribution in [0.15, 0.2) is 28.8 Å². The molecule has 1 unspecified atom stereocenters. The van der Waals surface area contributed by atoms with E-state index in [1.54, 1.807) is 25.1 Å². The van der Waals surface area contributed by atoms with Crippen LogP contribution in [0.5, 0.6) is 5.75 Å². The van der Waals surface area contributed by atoms with Gasteiger partial charge < -0.3 is 9.84 Å². The predicted molar refractivity (Wildman–Crippen MR) is 69.7 cm³/mol. The Morgan fingerprint density at radius 1 is 1.53 bits per heavy atom. The fourth-order valence-electron chi connectivity index (χ4n) is 1.42. The van der Waals surface area contributed by atoms with Crippen molar-refractivity contribution in [3.8, 4) is 5.75 Å². The number of ether oxygens (including phenoxy) is 1. The van der Waals surface area contributed by atoms with Gasteiger partial charge >= 0.3 is 0 Å². The van der Waals surface area contributed by atoms with Gasteiger partial charge in [0.1, 0.15) is 6.10 Å². The summed E-state index contributed by atoms with van der Waals surface area (Å²) in [6.07, 6.45) is 3.03. The highest BCUT2D eigenvalue weighted by atomic mass is 79.9. The highest BCUT2D eigenvalue weighted by molar-refractivity contribution is 9.10. The van der Waals surface area contributed by atoms with E-state index in [-0.39, 0.29) is 11.3 Å². The van der Waals surface area contributed by atoms with Crippen molar-refractivity contribution in [3.63, 3.8) is 0 Å². The van der Waals surface area contributed by atoms with Crippen molar-refractivity contribution in [1.29, 1.82) is 0 Å². The van der Waals surface area contributed by atoms with Crippen LogP contribution in [-0.2, 0) is 0 Å². The molecule has 1 rings (SSSR count). The lowest BCUT2D eigenvalue weighted by Crippen LogP contribution is -2.04. The van der Waals surface area contributed by atoms with Crippen LogP contribution in [0.2, 0.25) is 0 Å². The van der Waals surface area contributed by atoms with Crippen molar-refractivity contribution in [2.45, 2.75) is 26.4 Å². The molecule has 0 fully saturated rings. The van der Waals surface area contributed by atoms with Crippen LogP contribution in [-0.4, -0.2) is 11.7 Å². The highest BCUT2D eigenvalue weighted by Crippen LogP contribution is 2.32. The van der Waals surface area contributed by atoms with Crippen molar-refractivity contribution < 1.29 is 14.2 Å². The largest absolute Gasteiger partial charge is 0.491 e. The third-order valence-corrected chi connectivity index (χ3v) is 2.91. The van der Waals surface area contributed by atoms with Crippen molar-refractivity contribution in [3.05, 3.63) is 40.1 Å². The zero-order chi connectivity index (χ0) is 12.8. The van der Waals surface area contributed by atoms with Crippen molar-refractivity contribution in [1.82, 2.24) is 0 Å². The fraction of sp³-hybridized carbons (Fsp3) is 0.385. The standard InChI is InChI=1S/C13H16BrFO2/c1-3-5-10(16)12-9(14)6-7-11(13(12)15)17-8-4-2/h3,5-7,10,16H,4,8H2,1-2H3/b5-3+. The number of allylic oxidation sites excluding steroid dienone is 1. The Morgan fingerprint density at radius 3 is 2.82 bits per heavy atom. The molecule has 0 amide bonds. The van der Waals surface area contributed by atoms with E-state index in [4.69, 9.17) is 4.74 Å². The molecule has 2 nitrogen and oxygen atoms in total. The SMILES string of the molecule is C/C=C/C(O)c1c(Br)ccc(OCCC)c1F. The Hall–Kier alpha value is -0.870. The molecule has 1 aromatic carbocycles. The van der Waals surface area contributed by atoms with Crippen LogP contribution in [0.3, 0.4) is 0 Å². The molecule has 1 N–H and O–H groups in total. The normalized spacial score (nSPS) is 13.0. The van der Waals surface area contributed by atoms with Crippen LogP contribution >= 0.6 is 15.9 Å². The molecular weight excluding hydrogens is 287 g/mol. The zero-order valence-corrected chi connectivity index (χ0v) is 11.5. The first kappa shape index (κ1) is 14.2. The molecule has 0 aliphatic carbocycles. The van der Waals surface area contributed by atoms with E-state index < -0.39 is 11.9 Å². The Kier molecular flexibility index (Phi) is 5.65. The van der Waals surface area contributed by atoms with Gasteiger partial charge in [0.05, 0.1) is 6.61 Å². The molecule has 0 heterocycles. The van der Waals surface area contributed by atoms with E-state index in [1.807, 2.05) is 6.92 Å². The van der Waals surface area contributed by atoms with Crippen LogP contribution in [0.4, 0.5) is 4.39 Å². The van der Waals surface area contributed by atoms with E-state index in [0.29, 0.717) is 11.1 Å². The van der Waals surface area contributed by atoms with E-state index in [0.717, 1.165) is 6.42 Å². The number of hydrogen-bond donors (Lipinski definition) is 1. The van der Waals surface area contributed by atoms with E-state index in [2.05, 4.69) is 15.9 Å². The number of aliphatic hydroxyl groups excluding tert-OH is 1. The van der Waals surface area contributed by atoms with Gasteiger partial charge in [-0.3, -0.25) is 0 Å². The molecule has 94 valence electrons. The molecule has 0 saturated carbocycles. The molecule has 1 atom stereocenters. The fourth-order valence-corrected chi connectivity index (χ4v) is 1.96. The average Bonchev–Trinajstić information content (AvgIpc) is 2.28. The first-order valence-electron chi connectivity index (χ1n) is 5.53. The molecule has 0 aromatic heterocycles. The molecule has 17 heavy (non-hydrogen) atoms. The van der Waals surface area contributed by atoms with Crippen LogP contribution in [0.25, 0.3) is 0 Å². The maximum absolute atomic E-state index is 14.1. The quantitative estimate of drug-likeness (QED) is 0.834. The predicted octanol–water partition coefficient (Wildman–Crippen LogP) is 3.99. The smallest absolute Gasteiger partial charge is 0.172 e. The van der Waals surface area contributed by atoms with Gasteiger partial charge in [-0.25, -0.2) is 4.39 Å². The number of benzene rings is 1. The summed E-state index contributed by atoms with van der Waals surface area (Å²) >= 11 is 3.23. The topological polar surface area (TPSA) is 29.5 Å². The molecule has 0 aliphatic rings. The van der Waals surface area contributed by atoms with Gasteiger partial charge in [0.2, 0.25) is 0 Å². The van der Waals surface area contributed by atoms with Gasteiger partial charge in [-0.05, 0) is 25.5 Å².